The van der Waals surface area contributed by atoms with Gasteiger partial charge in [0.25, 0.3) is 0 Å². The number of primary amides is 1. The molecule has 1 saturated heterocycles. The first-order valence-corrected chi connectivity index (χ1v) is 7.95. The zero-order chi connectivity index (χ0) is 13.3. The van der Waals surface area contributed by atoms with E-state index in [-0.39, 0.29) is 5.91 Å². The van der Waals surface area contributed by atoms with E-state index in [0.717, 1.165) is 51.9 Å². The Hall–Kier alpha value is -0.910. The SMILES string of the molecule is NC(=O)C1(N2CCCNCC2)CCCc2sccc21. The first kappa shape index (κ1) is 13.1. The fraction of sp³-hybridized carbons (Fsp3) is 0.643. The van der Waals surface area contributed by atoms with E-state index in [1.165, 1.54) is 10.4 Å². The van der Waals surface area contributed by atoms with Crippen molar-refractivity contribution in [3.63, 3.8) is 0 Å². The van der Waals surface area contributed by atoms with Crippen LogP contribution in [0, 0.1) is 0 Å². The van der Waals surface area contributed by atoms with Gasteiger partial charge < -0.3 is 11.1 Å². The Morgan fingerprint density at radius 1 is 1.37 bits per heavy atom. The van der Waals surface area contributed by atoms with Crippen LogP contribution in [0.1, 0.15) is 29.7 Å². The minimum Gasteiger partial charge on any atom is -0.368 e. The average Bonchev–Trinajstić information content (AvgIpc) is 2.72. The number of nitrogens with zero attached hydrogens (tertiary/aromatic N) is 1. The highest BCUT2D eigenvalue weighted by molar-refractivity contribution is 7.10. The van der Waals surface area contributed by atoms with Gasteiger partial charge in [0, 0.05) is 24.5 Å². The minimum atomic E-state index is -0.556. The quantitative estimate of drug-likeness (QED) is 0.851. The van der Waals surface area contributed by atoms with Crippen LogP contribution in [0.5, 0.6) is 0 Å². The van der Waals surface area contributed by atoms with Crippen molar-refractivity contribution in [1.82, 2.24) is 10.2 Å². The number of amides is 1. The fourth-order valence-electron chi connectivity index (χ4n) is 3.51. The molecule has 19 heavy (non-hydrogen) atoms. The lowest BCUT2D eigenvalue weighted by atomic mass is 9.78. The number of hydrogen-bond acceptors (Lipinski definition) is 4. The standard InChI is InChI=1S/C14H21N3OS/c15-13(18)14(17-8-2-6-16-7-9-17)5-1-3-12-11(14)4-10-19-12/h4,10,16H,1-3,5-9H2,(H2,15,18). The van der Waals surface area contributed by atoms with Crippen molar-refractivity contribution in [2.75, 3.05) is 26.2 Å². The van der Waals surface area contributed by atoms with Gasteiger partial charge in [0.2, 0.25) is 5.91 Å². The molecule has 1 fully saturated rings. The second kappa shape index (κ2) is 5.23. The summed E-state index contributed by atoms with van der Waals surface area (Å²) in [6.45, 7) is 3.82. The van der Waals surface area contributed by atoms with E-state index in [0.29, 0.717) is 0 Å². The zero-order valence-corrected chi connectivity index (χ0v) is 12.0. The van der Waals surface area contributed by atoms with Gasteiger partial charge in [0.05, 0.1) is 0 Å². The van der Waals surface area contributed by atoms with Crippen LogP contribution in [0.25, 0.3) is 0 Å². The molecule has 1 aliphatic heterocycles. The minimum absolute atomic E-state index is 0.172. The van der Waals surface area contributed by atoms with E-state index < -0.39 is 5.54 Å². The van der Waals surface area contributed by atoms with Gasteiger partial charge >= 0.3 is 0 Å². The van der Waals surface area contributed by atoms with Crippen molar-refractivity contribution in [2.45, 2.75) is 31.2 Å². The first-order valence-electron chi connectivity index (χ1n) is 7.07. The molecule has 3 N–H and O–H groups in total. The lowest BCUT2D eigenvalue weighted by Crippen LogP contribution is -2.57. The van der Waals surface area contributed by atoms with Crippen molar-refractivity contribution in [3.05, 3.63) is 21.9 Å². The van der Waals surface area contributed by atoms with Crippen LogP contribution >= 0.6 is 11.3 Å². The van der Waals surface area contributed by atoms with Crippen LogP contribution in [0.3, 0.4) is 0 Å². The Morgan fingerprint density at radius 2 is 2.26 bits per heavy atom. The molecule has 5 heteroatoms. The molecule has 2 heterocycles. The summed E-state index contributed by atoms with van der Waals surface area (Å²) >= 11 is 1.76. The molecular formula is C14H21N3OS. The molecule has 1 aromatic rings. The van der Waals surface area contributed by atoms with E-state index in [2.05, 4.69) is 21.7 Å². The van der Waals surface area contributed by atoms with Crippen LogP contribution < -0.4 is 11.1 Å². The van der Waals surface area contributed by atoms with Crippen molar-refractivity contribution in [1.29, 1.82) is 0 Å². The normalized spacial score (nSPS) is 28.6. The number of carbonyl (C=O) groups is 1. The third kappa shape index (κ3) is 2.10. The van der Waals surface area contributed by atoms with Crippen molar-refractivity contribution < 1.29 is 4.79 Å². The highest BCUT2D eigenvalue weighted by Crippen LogP contribution is 2.42. The molecule has 1 atom stereocenters. The maximum absolute atomic E-state index is 12.3. The highest BCUT2D eigenvalue weighted by Gasteiger charge is 2.47. The Morgan fingerprint density at radius 3 is 3.11 bits per heavy atom. The van der Waals surface area contributed by atoms with Crippen LogP contribution in [-0.2, 0) is 16.8 Å². The topological polar surface area (TPSA) is 58.4 Å². The summed E-state index contributed by atoms with van der Waals surface area (Å²) in [6.07, 6.45) is 4.09. The number of thiophene rings is 1. The van der Waals surface area contributed by atoms with Crippen LogP contribution in [0.2, 0.25) is 0 Å². The van der Waals surface area contributed by atoms with Gasteiger partial charge in [-0.25, -0.2) is 0 Å². The molecule has 4 nitrogen and oxygen atoms in total. The summed E-state index contributed by atoms with van der Waals surface area (Å²) in [7, 11) is 0. The molecule has 1 amide bonds. The number of aryl methyl sites for hydroxylation is 1. The summed E-state index contributed by atoms with van der Waals surface area (Å²) < 4.78 is 0. The number of rotatable bonds is 2. The Labute approximate surface area is 118 Å². The summed E-state index contributed by atoms with van der Waals surface area (Å²) in [5, 5.41) is 5.50. The van der Waals surface area contributed by atoms with Gasteiger partial charge in [-0.15, -0.1) is 11.3 Å². The smallest absolute Gasteiger partial charge is 0.242 e. The van der Waals surface area contributed by atoms with Crippen LogP contribution in [-0.4, -0.2) is 37.0 Å². The van der Waals surface area contributed by atoms with Crippen molar-refractivity contribution >= 4 is 17.2 Å². The second-order valence-electron chi connectivity index (χ2n) is 5.43. The number of hydrogen-bond donors (Lipinski definition) is 2. The lowest BCUT2D eigenvalue weighted by molar-refractivity contribution is -0.132. The first-order chi connectivity index (χ1) is 9.25. The van der Waals surface area contributed by atoms with E-state index >= 15 is 0 Å². The second-order valence-corrected chi connectivity index (χ2v) is 6.43. The lowest BCUT2D eigenvalue weighted by Gasteiger charge is -2.43. The molecule has 0 saturated carbocycles. The number of fused-ring (bicyclic) bond motifs is 1. The monoisotopic (exact) mass is 279 g/mol. The molecule has 0 bridgehead atoms. The third-order valence-electron chi connectivity index (χ3n) is 4.42. The highest BCUT2D eigenvalue weighted by atomic mass is 32.1. The number of carbonyl (C=O) groups excluding carboxylic acids is 1. The molecule has 2 aliphatic rings. The van der Waals surface area contributed by atoms with Crippen LogP contribution in [0.4, 0.5) is 0 Å². The van der Waals surface area contributed by atoms with Crippen LogP contribution in [0.15, 0.2) is 11.4 Å². The molecule has 3 rings (SSSR count). The number of nitrogens with one attached hydrogen (secondary N) is 1. The Kier molecular flexibility index (Phi) is 3.60. The fourth-order valence-corrected chi connectivity index (χ4v) is 4.50. The van der Waals surface area contributed by atoms with Crippen molar-refractivity contribution in [3.8, 4) is 0 Å². The van der Waals surface area contributed by atoms with Gasteiger partial charge in [-0.1, -0.05) is 0 Å². The zero-order valence-electron chi connectivity index (χ0n) is 11.2. The summed E-state index contributed by atoms with van der Waals surface area (Å²) in [4.78, 5) is 16.0. The molecule has 0 spiro atoms. The number of nitrogens with two attached hydrogens (primary N) is 1. The van der Waals surface area contributed by atoms with Gasteiger partial charge in [-0.2, -0.15) is 0 Å². The maximum atomic E-state index is 12.3. The Balaban J connectivity index is 2.03. The third-order valence-corrected chi connectivity index (χ3v) is 5.40. The largest absolute Gasteiger partial charge is 0.368 e. The summed E-state index contributed by atoms with van der Waals surface area (Å²) in [5.74, 6) is -0.172. The average molecular weight is 279 g/mol. The molecule has 0 aromatic carbocycles. The maximum Gasteiger partial charge on any atom is 0.242 e. The Bertz CT molecular complexity index is 465. The molecule has 104 valence electrons. The summed E-state index contributed by atoms with van der Waals surface area (Å²) in [6, 6.07) is 2.11. The van der Waals surface area contributed by atoms with Gasteiger partial charge in [-0.3, -0.25) is 9.69 Å². The molecule has 1 unspecified atom stereocenters. The van der Waals surface area contributed by atoms with Gasteiger partial charge in [0.15, 0.2) is 0 Å². The van der Waals surface area contributed by atoms with Crippen molar-refractivity contribution in [2.24, 2.45) is 5.73 Å². The molecule has 1 aliphatic carbocycles. The van der Waals surface area contributed by atoms with Gasteiger partial charge in [-0.05, 0) is 49.2 Å². The molecule has 0 radical (unpaired) electrons. The predicted octanol–water partition coefficient (Wildman–Crippen LogP) is 1.06. The molecular weight excluding hydrogens is 258 g/mol. The molecule has 1 aromatic heterocycles. The predicted molar refractivity (Wildman–Crippen MR) is 77.2 cm³/mol. The summed E-state index contributed by atoms with van der Waals surface area (Å²) in [5.41, 5.74) is 6.48. The van der Waals surface area contributed by atoms with E-state index in [1.54, 1.807) is 11.3 Å². The van der Waals surface area contributed by atoms with E-state index in [9.17, 15) is 4.79 Å². The van der Waals surface area contributed by atoms with E-state index in [1.807, 2.05) is 0 Å². The van der Waals surface area contributed by atoms with Gasteiger partial charge in [0.1, 0.15) is 5.54 Å². The van der Waals surface area contributed by atoms with E-state index in [4.69, 9.17) is 5.73 Å².